The van der Waals surface area contributed by atoms with Crippen molar-refractivity contribution in [2.45, 2.75) is 103 Å². The van der Waals surface area contributed by atoms with Crippen LogP contribution in [0.25, 0.3) is 0 Å². The standard InChI is InChI=1S/C21H44NO7P/c1-2-3-4-5-6-7-8-9-10-11-12-13-14-15-21(24)27-18-20(23)19-29-30(25,26)28-17-16-22/h20,23H,2-19,22H2,1H3,(H,25,26). The fraction of sp³-hybridized carbons (Fsp3) is 0.952. The van der Waals surface area contributed by atoms with Gasteiger partial charge in [-0.25, -0.2) is 4.57 Å². The van der Waals surface area contributed by atoms with Crippen molar-refractivity contribution in [3.05, 3.63) is 0 Å². The van der Waals surface area contributed by atoms with Gasteiger partial charge in [0.05, 0.1) is 13.2 Å². The predicted molar refractivity (Wildman–Crippen MR) is 118 cm³/mol. The first-order valence-corrected chi connectivity index (χ1v) is 13.1. The van der Waals surface area contributed by atoms with E-state index in [4.69, 9.17) is 10.5 Å². The average Bonchev–Trinajstić information content (AvgIpc) is 2.72. The van der Waals surface area contributed by atoms with Crippen molar-refractivity contribution in [2.75, 3.05) is 26.4 Å². The highest BCUT2D eigenvalue weighted by molar-refractivity contribution is 7.47. The highest BCUT2D eigenvalue weighted by Gasteiger charge is 2.22. The van der Waals surface area contributed by atoms with Crippen molar-refractivity contribution < 1.29 is 33.1 Å². The number of esters is 1. The highest BCUT2D eigenvalue weighted by Crippen LogP contribution is 2.42. The van der Waals surface area contributed by atoms with Crippen LogP contribution in [0, 0.1) is 0 Å². The predicted octanol–water partition coefficient (Wildman–Crippen LogP) is 4.46. The van der Waals surface area contributed by atoms with Crippen LogP contribution < -0.4 is 5.73 Å². The maximum absolute atomic E-state index is 11.7. The van der Waals surface area contributed by atoms with Gasteiger partial charge in [-0.15, -0.1) is 0 Å². The van der Waals surface area contributed by atoms with Crippen LogP contribution in [0.15, 0.2) is 0 Å². The van der Waals surface area contributed by atoms with Crippen molar-refractivity contribution >= 4 is 13.8 Å². The lowest BCUT2D eigenvalue weighted by molar-refractivity contribution is -0.147. The van der Waals surface area contributed by atoms with E-state index in [1.54, 1.807) is 0 Å². The summed E-state index contributed by atoms with van der Waals surface area (Å²) < 4.78 is 25.5. The Morgan fingerprint density at radius 3 is 1.87 bits per heavy atom. The second-order valence-corrected chi connectivity index (χ2v) is 9.17. The van der Waals surface area contributed by atoms with Crippen LogP contribution in [0.1, 0.15) is 96.8 Å². The highest BCUT2D eigenvalue weighted by atomic mass is 31.2. The molecular weight excluding hydrogens is 409 g/mol. The summed E-state index contributed by atoms with van der Waals surface area (Å²) in [6, 6.07) is 0. The number of aliphatic hydroxyl groups excluding tert-OH is 1. The number of ether oxygens (including phenoxy) is 1. The van der Waals surface area contributed by atoms with Crippen molar-refractivity contribution in [1.29, 1.82) is 0 Å². The molecule has 0 rings (SSSR count). The number of phosphoric acid groups is 1. The van der Waals surface area contributed by atoms with Gasteiger partial charge in [-0.2, -0.15) is 0 Å². The Bertz CT molecular complexity index is 451. The van der Waals surface area contributed by atoms with Crippen LogP contribution in [-0.4, -0.2) is 48.4 Å². The van der Waals surface area contributed by atoms with E-state index in [0.717, 1.165) is 19.3 Å². The Kier molecular flexibility index (Phi) is 20.1. The number of carbonyl (C=O) groups excluding carboxylic acids is 1. The third kappa shape index (κ3) is 20.8. The van der Waals surface area contributed by atoms with E-state index in [9.17, 15) is 19.4 Å². The Morgan fingerprint density at radius 2 is 1.37 bits per heavy atom. The molecule has 180 valence electrons. The number of rotatable bonds is 22. The summed E-state index contributed by atoms with van der Waals surface area (Å²) in [4.78, 5) is 21.0. The Morgan fingerprint density at radius 1 is 0.867 bits per heavy atom. The summed E-state index contributed by atoms with van der Waals surface area (Å²) in [5.74, 6) is -0.385. The summed E-state index contributed by atoms with van der Waals surface area (Å²) in [5, 5.41) is 9.66. The van der Waals surface area contributed by atoms with Gasteiger partial charge in [-0.1, -0.05) is 84.0 Å². The monoisotopic (exact) mass is 453 g/mol. The minimum Gasteiger partial charge on any atom is -0.463 e. The second-order valence-electron chi connectivity index (χ2n) is 7.72. The van der Waals surface area contributed by atoms with Crippen LogP contribution in [0.3, 0.4) is 0 Å². The number of phosphoric ester groups is 1. The summed E-state index contributed by atoms with van der Waals surface area (Å²) in [5.41, 5.74) is 5.16. The molecule has 0 fully saturated rings. The lowest BCUT2D eigenvalue weighted by Gasteiger charge is -2.15. The Balaban J connectivity index is 3.46. The molecule has 30 heavy (non-hydrogen) atoms. The van der Waals surface area contributed by atoms with E-state index in [1.807, 2.05) is 0 Å². The fourth-order valence-electron chi connectivity index (χ4n) is 2.98. The molecule has 0 radical (unpaired) electrons. The van der Waals surface area contributed by atoms with Gasteiger partial charge in [0.15, 0.2) is 0 Å². The van der Waals surface area contributed by atoms with Crippen LogP contribution in [0.2, 0.25) is 0 Å². The second kappa shape index (κ2) is 20.4. The molecule has 0 saturated heterocycles. The molecule has 0 spiro atoms. The minimum absolute atomic E-state index is 0.0767. The molecule has 9 heteroatoms. The molecule has 0 heterocycles. The van der Waals surface area contributed by atoms with Crippen molar-refractivity contribution in [2.24, 2.45) is 5.73 Å². The van der Waals surface area contributed by atoms with E-state index in [-0.39, 0.29) is 25.7 Å². The molecule has 0 aliphatic carbocycles. The minimum atomic E-state index is -4.23. The number of carbonyl (C=O) groups is 1. The van der Waals surface area contributed by atoms with E-state index < -0.39 is 20.5 Å². The van der Waals surface area contributed by atoms with Gasteiger partial charge in [0.25, 0.3) is 0 Å². The van der Waals surface area contributed by atoms with Crippen LogP contribution in [0.4, 0.5) is 0 Å². The molecule has 0 saturated carbocycles. The molecule has 0 aliphatic rings. The maximum Gasteiger partial charge on any atom is 0.472 e. The number of hydrogen-bond acceptors (Lipinski definition) is 7. The van der Waals surface area contributed by atoms with Gasteiger partial charge in [0.1, 0.15) is 12.7 Å². The number of nitrogens with two attached hydrogens (primary N) is 1. The third-order valence-corrected chi connectivity index (χ3v) is 5.71. The zero-order chi connectivity index (χ0) is 22.5. The number of aliphatic hydroxyl groups is 1. The van der Waals surface area contributed by atoms with Gasteiger partial charge in [-0.3, -0.25) is 13.8 Å². The van der Waals surface area contributed by atoms with Crippen LogP contribution in [-0.2, 0) is 23.1 Å². The zero-order valence-electron chi connectivity index (χ0n) is 18.8. The van der Waals surface area contributed by atoms with Gasteiger partial charge in [0.2, 0.25) is 0 Å². The lowest BCUT2D eigenvalue weighted by Crippen LogP contribution is -2.23. The SMILES string of the molecule is CCCCCCCCCCCCCCCC(=O)OCC(O)COP(=O)(O)OCCN. The largest absolute Gasteiger partial charge is 0.472 e. The Hall–Kier alpha value is -0.500. The molecule has 2 atom stereocenters. The molecular formula is C21H44NO7P. The van der Waals surface area contributed by atoms with Crippen molar-refractivity contribution in [3.63, 3.8) is 0 Å². The fourth-order valence-corrected chi connectivity index (χ4v) is 3.75. The quantitative estimate of drug-likeness (QED) is 0.124. The third-order valence-electron chi connectivity index (χ3n) is 4.72. The van der Waals surface area contributed by atoms with Gasteiger partial charge < -0.3 is 20.5 Å². The zero-order valence-corrected chi connectivity index (χ0v) is 19.7. The average molecular weight is 454 g/mol. The maximum atomic E-state index is 11.7. The molecule has 0 aromatic carbocycles. The van der Waals surface area contributed by atoms with E-state index >= 15 is 0 Å². The normalized spacial score (nSPS) is 14.4. The molecule has 0 aliphatic heterocycles. The summed E-state index contributed by atoms with van der Waals surface area (Å²) >= 11 is 0. The molecule has 2 unspecified atom stereocenters. The van der Waals surface area contributed by atoms with Crippen LogP contribution in [0.5, 0.6) is 0 Å². The van der Waals surface area contributed by atoms with Gasteiger partial charge in [0, 0.05) is 13.0 Å². The summed E-state index contributed by atoms with van der Waals surface area (Å²) in [6.07, 6.45) is 15.2. The van der Waals surface area contributed by atoms with Gasteiger partial charge in [-0.05, 0) is 6.42 Å². The first kappa shape index (κ1) is 29.5. The summed E-state index contributed by atoms with van der Waals surface area (Å²) in [7, 11) is -4.23. The van der Waals surface area contributed by atoms with Crippen molar-refractivity contribution in [3.8, 4) is 0 Å². The molecule has 0 amide bonds. The number of hydrogen-bond donors (Lipinski definition) is 3. The van der Waals surface area contributed by atoms with E-state index in [1.165, 1.54) is 64.2 Å². The number of unbranched alkanes of at least 4 members (excludes halogenated alkanes) is 12. The van der Waals surface area contributed by atoms with E-state index in [2.05, 4.69) is 16.0 Å². The Labute approximate surface area is 182 Å². The van der Waals surface area contributed by atoms with Crippen LogP contribution >= 0.6 is 7.82 Å². The molecule has 4 N–H and O–H groups in total. The first-order valence-electron chi connectivity index (χ1n) is 11.6. The summed E-state index contributed by atoms with van der Waals surface area (Å²) in [6.45, 7) is 1.44. The smallest absolute Gasteiger partial charge is 0.463 e. The van der Waals surface area contributed by atoms with Crippen molar-refractivity contribution in [1.82, 2.24) is 0 Å². The lowest BCUT2D eigenvalue weighted by atomic mass is 10.0. The molecule has 0 aromatic heterocycles. The first-order chi connectivity index (χ1) is 14.4. The van der Waals surface area contributed by atoms with E-state index in [0.29, 0.717) is 6.42 Å². The molecule has 8 nitrogen and oxygen atoms in total. The molecule has 0 aromatic rings. The molecule has 0 bridgehead atoms. The van der Waals surface area contributed by atoms with Gasteiger partial charge >= 0.3 is 13.8 Å². The topological polar surface area (TPSA) is 128 Å².